The number of rotatable bonds is 3. The zero-order valence-electron chi connectivity index (χ0n) is 10.1. The molecule has 7 heteroatoms. The predicted octanol–water partition coefficient (Wildman–Crippen LogP) is 1.80. The van der Waals surface area contributed by atoms with Crippen LogP contribution in [0.4, 0.5) is 15.8 Å². The van der Waals surface area contributed by atoms with E-state index in [1.54, 1.807) is 0 Å². The molecule has 6 nitrogen and oxygen atoms in total. The minimum Gasteiger partial charge on any atom is -0.328 e. The van der Waals surface area contributed by atoms with Gasteiger partial charge in [-0.15, -0.1) is 0 Å². The molecule has 1 aliphatic rings. The van der Waals surface area contributed by atoms with Gasteiger partial charge in [0, 0.05) is 18.0 Å². The molecule has 2 unspecified atom stereocenters. The Morgan fingerprint density at radius 3 is 2.74 bits per heavy atom. The number of hydrogen-bond donors (Lipinski definition) is 2. The lowest BCUT2D eigenvalue weighted by atomic mass is 10.1. The van der Waals surface area contributed by atoms with Crippen LogP contribution in [-0.2, 0) is 4.79 Å². The van der Waals surface area contributed by atoms with Crippen molar-refractivity contribution in [3.63, 3.8) is 0 Å². The van der Waals surface area contributed by atoms with Crippen molar-refractivity contribution in [2.45, 2.75) is 25.3 Å². The number of nitro groups is 1. The number of nitro benzene ring substituents is 1. The third kappa shape index (κ3) is 3.05. The summed E-state index contributed by atoms with van der Waals surface area (Å²) in [5, 5.41) is 12.9. The first-order chi connectivity index (χ1) is 8.97. The molecule has 1 aliphatic carbocycles. The number of carbonyl (C=O) groups is 1. The molecule has 0 spiro atoms. The molecule has 0 bridgehead atoms. The summed E-state index contributed by atoms with van der Waals surface area (Å²) in [7, 11) is 0. The Morgan fingerprint density at radius 2 is 2.21 bits per heavy atom. The van der Waals surface area contributed by atoms with Crippen LogP contribution in [0.15, 0.2) is 18.2 Å². The fraction of sp³-hybridized carbons (Fsp3) is 0.417. The summed E-state index contributed by atoms with van der Waals surface area (Å²) in [5.41, 5.74) is 5.32. The summed E-state index contributed by atoms with van der Waals surface area (Å²) in [6.45, 7) is 0. The van der Waals surface area contributed by atoms with Crippen molar-refractivity contribution >= 4 is 17.3 Å². The van der Waals surface area contributed by atoms with Crippen molar-refractivity contribution in [1.82, 2.24) is 0 Å². The molecule has 3 N–H and O–H groups in total. The first kappa shape index (κ1) is 13.4. The highest BCUT2D eigenvalue weighted by atomic mass is 19.1. The Labute approximate surface area is 108 Å². The van der Waals surface area contributed by atoms with E-state index in [2.05, 4.69) is 5.32 Å². The standard InChI is InChI=1S/C12H14FN3O3/c13-10-6-9(16(18)19)3-4-11(10)15-12(17)7-1-2-8(14)5-7/h3-4,6-8H,1-2,5,14H2,(H,15,17). The van der Waals surface area contributed by atoms with E-state index in [-0.39, 0.29) is 29.2 Å². The predicted molar refractivity (Wildman–Crippen MR) is 67.0 cm³/mol. The minimum atomic E-state index is -0.815. The number of anilines is 1. The molecule has 0 heterocycles. The SMILES string of the molecule is NC1CCC(C(=O)Nc2ccc([N+](=O)[O-])cc2F)C1. The summed E-state index contributed by atoms with van der Waals surface area (Å²) < 4.78 is 13.6. The van der Waals surface area contributed by atoms with Crippen molar-refractivity contribution < 1.29 is 14.1 Å². The molecule has 1 amide bonds. The van der Waals surface area contributed by atoms with Gasteiger partial charge in [-0.2, -0.15) is 0 Å². The summed E-state index contributed by atoms with van der Waals surface area (Å²) in [6.07, 6.45) is 2.04. The molecular weight excluding hydrogens is 253 g/mol. The van der Waals surface area contributed by atoms with Gasteiger partial charge in [-0.05, 0) is 25.3 Å². The normalized spacial score (nSPS) is 22.2. The van der Waals surface area contributed by atoms with Crippen molar-refractivity contribution in [1.29, 1.82) is 0 Å². The Hall–Kier alpha value is -2.02. The Bertz CT molecular complexity index is 521. The van der Waals surface area contributed by atoms with Gasteiger partial charge in [0.2, 0.25) is 5.91 Å². The van der Waals surface area contributed by atoms with E-state index in [1.165, 1.54) is 6.07 Å². The van der Waals surface area contributed by atoms with Gasteiger partial charge in [-0.3, -0.25) is 14.9 Å². The second-order valence-corrected chi connectivity index (χ2v) is 4.68. The van der Waals surface area contributed by atoms with Crippen molar-refractivity contribution in [2.75, 3.05) is 5.32 Å². The van der Waals surface area contributed by atoms with E-state index in [1.807, 2.05) is 0 Å². The van der Waals surface area contributed by atoms with Crippen LogP contribution in [0.2, 0.25) is 0 Å². The van der Waals surface area contributed by atoms with E-state index in [0.29, 0.717) is 12.8 Å². The zero-order valence-corrected chi connectivity index (χ0v) is 10.1. The maximum Gasteiger partial charge on any atom is 0.272 e. The minimum absolute atomic E-state index is 0.0115. The van der Waals surface area contributed by atoms with Gasteiger partial charge < -0.3 is 11.1 Å². The third-order valence-electron chi connectivity index (χ3n) is 3.27. The van der Waals surface area contributed by atoms with Gasteiger partial charge in [-0.1, -0.05) is 0 Å². The molecule has 2 rings (SSSR count). The van der Waals surface area contributed by atoms with Crippen molar-refractivity contribution in [2.24, 2.45) is 11.7 Å². The first-order valence-electron chi connectivity index (χ1n) is 5.97. The molecule has 0 aliphatic heterocycles. The number of hydrogen-bond acceptors (Lipinski definition) is 4. The number of nitrogens with zero attached hydrogens (tertiary/aromatic N) is 1. The van der Waals surface area contributed by atoms with Crippen LogP contribution in [0.1, 0.15) is 19.3 Å². The van der Waals surface area contributed by atoms with E-state index >= 15 is 0 Å². The first-order valence-corrected chi connectivity index (χ1v) is 5.97. The molecule has 0 radical (unpaired) electrons. The van der Waals surface area contributed by atoms with Crippen LogP contribution in [0, 0.1) is 21.8 Å². The second kappa shape index (κ2) is 5.31. The van der Waals surface area contributed by atoms with Crippen molar-refractivity contribution in [3.8, 4) is 0 Å². The van der Waals surface area contributed by atoms with E-state index < -0.39 is 10.7 Å². The maximum atomic E-state index is 13.6. The van der Waals surface area contributed by atoms with Crippen LogP contribution in [-0.4, -0.2) is 16.9 Å². The molecule has 102 valence electrons. The van der Waals surface area contributed by atoms with Gasteiger partial charge in [0.25, 0.3) is 5.69 Å². The quantitative estimate of drug-likeness (QED) is 0.644. The Morgan fingerprint density at radius 1 is 1.47 bits per heavy atom. The van der Waals surface area contributed by atoms with Crippen LogP contribution < -0.4 is 11.1 Å². The molecule has 0 aromatic heterocycles. The maximum absolute atomic E-state index is 13.6. The number of halogens is 1. The number of carbonyl (C=O) groups excluding carboxylic acids is 1. The van der Waals surface area contributed by atoms with Crippen LogP contribution in [0.25, 0.3) is 0 Å². The smallest absolute Gasteiger partial charge is 0.272 e. The average Bonchev–Trinajstić information content (AvgIpc) is 2.78. The summed E-state index contributed by atoms with van der Waals surface area (Å²) >= 11 is 0. The topological polar surface area (TPSA) is 98.3 Å². The molecule has 2 atom stereocenters. The highest BCUT2D eigenvalue weighted by Gasteiger charge is 2.28. The fourth-order valence-corrected chi connectivity index (χ4v) is 2.21. The summed E-state index contributed by atoms with van der Waals surface area (Å²) in [4.78, 5) is 21.6. The molecule has 1 aromatic rings. The highest BCUT2D eigenvalue weighted by molar-refractivity contribution is 5.93. The highest BCUT2D eigenvalue weighted by Crippen LogP contribution is 2.27. The van der Waals surface area contributed by atoms with Gasteiger partial charge >= 0.3 is 0 Å². The molecule has 19 heavy (non-hydrogen) atoms. The third-order valence-corrected chi connectivity index (χ3v) is 3.27. The van der Waals surface area contributed by atoms with Crippen LogP contribution in [0.3, 0.4) is 0 Å². The Kier molecular flexibility index (Phi) is 3.75. The monoisotopic (exact) mass is 267 g/mol. The number of nitrogens with one attached hydrogen (secondary N) is 1. The van der Waals surface area contributed by atoms with Gasteiger partial charge in [-0.25, -0.2) is 4.39 Å². The number of benzene rings is 1. The molecule has 1 aromatic carbocycles. The zero-order chi connectivity index (χ0) is 14.0. The summed E-state index contributed by atoms with van der Waals surface area (Å²) in [5.74, 6) is -1.32. The van der Waals surface area contributed by atoms with Crippen LogP contribution >= 0.6 is 0 Å². The largest absolute Gasteiger partial charge is 0.328 e. The number of non-ortho nitro benzene ring substituents is 1. The van der Waals surface area contributed by atoms with Crippen LogP contribution in [0.5, 0.6) is 0 Å². The van der Waals surface area contributed by atoms with E-state index in [9.17, 15) is 19.3 Å². The molecule has 1 fully saturated rings. The Balaban J connectivity index is 2.07. The number of amides is 1. The lowest BCUT2D eigenvalue weighted by molar-refractivity contribution is -0.385. The molecular formula is C12H14FN3O3. The van der Waals surface area contributed by atoms with E-state index in [4.69, 9.17) is 5.73 Å². The van der Waals surface area contributed by atoms with Gasteiger partial charge in [0.05, 0.1) is 16.7 Å². The van der Waals surface area contributed by atoms with E-state index in [0.717, 1.165) is 18.6 Å². The van der Waals surface area contributed by atoms with Crippen molar-refractivity contribution in [3.05, 3.63) is 34.1 Å². The molecule has 1 saturated carbocycles. The summed E-state index contributed by atoms with van der Waals surface area (Å²) in [6, 6.07) is 3.15. The molecule has 0 saturated heterocycles. The lowest BCUT2D eigenvalue weighted by Gasteiger charge is -2.11. The van der Waals surface area contributed by atoms with Gasteiger partial charge in [0.15, 0.2) is 5.82 Å². The number of nitrogens with two attached hydrogens (primary N) is 1. The average molecular weight is 267 g/mol. The van der Waals surface area contributed by atoms with Gasteiger partial charge in [0.1, 0.15) is 0 Å². The fourth-order valence-electron chi connectivity index (χ4n) is 2.21. The lowest BCUT2D eigenvalue weighted by Crippen LogP contribution is -2.23. The second-order valence-electron chi connectivity index (χ2n) is 4.68.